The molecule has 1 N–H and O–H groups in total. The third-order valence-corrected chi connectivity index (χ3v) is 4.12. The van der Waals surface area contributed by atoms with Crippen molar-refractivity contribution in [3.63, 3.8) is 0 Å². The summed E-state index contributed by atoms with van der Waals surface area (Å²) in [6.07, 6.45) is 0. The average molecular weight is 264 g/mol. The lowest BCUT2D eigenvalue weighted by Crippen LogP contribution is -2.10. The molecule has 2 nitrogen and oxygen atoms in total. The SMILES string of the molecule is N#C/C(=C1/CSc2ccccc2N1)c1ccccc1. The molecule has 3 heteroatoms. The number of rotatable bonds is 1. The number of fused-ring (bicyclic) bond motifs is 1. The van der Waals surface area contributed by atoms with E-state index in [4.69, 9.17) is 0 Å². The van der Waals surface area contributed by atoms with Crippen molar-refractivity contribution in [1.29, 1.82) is 5.26 Å². The second-order valence-electron chi connectivity index (χ2n) is 4.24. The fourth-order valence-electron chi connectivity index (χ4n) is 2.09. The van der Waals surface area contributed by atoms with Gasteiger partial charge in [-0.3, -0.25) is 0 Å². The van der Waals surface area contributed by atoms with Gasteiger partial charge in [0.05, 0.1) is 11.3 Å². The van der Waals surface area contributed by atoms with Crippen molar-refractivity contribution in [3.05, 3.63) is 65.9 Å². The summed E-state index contributed by atoms with van der Waals surface area (Å²) >= 11 is 1.76. The molecule has 0 bridgehead atoms. The summed E-state index contributed by atoms with van der Waals surface area (Å²) in [7, 11) is 0. The summed E-state index contributed by atoms with van der Waals surface area (Å²) in [5, 5.41) is 12.8. The van der Waals surface area contributed by atoms with Crippen LogP contribution in [0, 0.1) is 11.3 Å². The van der Waals surface area contributed by atoms with Crippen LogP contribution < -0.4 is 5.32 Å². The summed E-state index contributed by atoms with van der Waals surface area (Å²) < 4.78 is 0. The number of para-hydroxylation sites is 1. The van der Waals surface area contributed by atoms with E-state index >= 15 is 0 Å². The predicted molar refractivity (Wildman–Crippen MR) is 79.8 cm³/mol. The van der Waals surface area contributed by atoms with E-state index in [-0.39, 0.29) is 0 Å². The van der Waals surface area contributed by atoms with Gasteiger partial charge in [-0.1, -0.05) is 42.5 Å². The second-order valence-corrected chi connectivity index (χ2v) is 5.26. The molecule has 0 aromatic heterocycles. The highest BCUT2D eigenvalue weighted by Gasteiger charge is 2.16. The summed E-state index contributed by atoms with van der Waals surface area (Å²) in [6, 6.07) is 20.3. The molecule has 2 aromatic rings. The quantitative estimate of drug-likeness (QED) is 0.786. The van der Waals surface area contributed by atoms with Crippen molar-refractivity contribution >= 4 is 23.0 Å². The minimum absolute atomic E-state index is 0.725. The molecule has 0 spiro atoms. The Hall–Kier alpha value is -2.18. The number of hydrogen-bond donors (Lipinski definition) is 1. The molecule has 92 valence electrons. The van der Waals surface area contributed by atoms with Crippen LogP contribution in [0.4, 0.5) is 5.69 Å². The normalized spacial score (nSPS) is 15.9. The lowest BCUT2D eigenvalue weighted by atomic mass is 10.1. The Bertz CT molecular complexity index is 669. The number of nitrogens with zero attached hydrogens (tertiary/aromatic N) is 1. The minimum Gasteiger partial charge on any atom is -0.356 e. The summed E-state index contributed by atoms with van der Waals surface area (Å²) in [5.74, 6) is 0.800. The van der Waals surface area contributed by atoms with E-state index < -0.39 is 0 Å². The van der Waals surface area contributed by atoms with Crippen LogP contribution in [-0.2, 0) is 0 Å². The van der Waals surface area contributed by atoms with E-state index in [9.17, 15) is 5.26 Å². The number of benzene rings is 2. The number of nitriles is 1. The van der Waals surface area contributed by atoms with Crippen LogP contribution in [0.15, 0.2) is 65.2 Å². The zero-order valence-electron chi connectivity index (χ0n) is 10.3. The average Bonchev–Trinajstić information content (AvgIpc) is 2.49. The molecule has 1 heterocycles. The molecule has 1 aliphatic heterocycles. The highest BCUT2D eigenvalue weighted by atomic mass is 32.2. The number of anilines is 1. The van der Waals surface area contributed by atoms with Gasteiger partial charge in [-0.05, 0) is 17.7 Å². The molecule has 0 unspecified atom stereocenters. The fraction of sp³-hybridized carbons (Fsp3) is 0.0625. The molecule has 1 aliphatic rings. The maximum Gasteiger partial charge on any atom is 0.102 e. The summed E-state index contributed by atoms with van der Waals surface area (Å²) in [6.45, 7) is 0. The van der Waals surface area contributed by atoms with E-state index in [1.54, 1.807) is 11.8 Å². The maximum absolute atomic E-state index is 9.42. The molecular formula is C16H12N2S. The first-order chi connectivity index (χ1) is 9.38. The molecule has 3 rings (SSSR count). The van der Waals surface area contributed by atoms with Gasteiger partial charge in [-0.2, -0.15) is 5.26 Å². The first-order valence-electron chi connectivity index (χ1n) is 6.06. The number of nitrogens with one attached hydrogen (secondary N) is 1. The molecule has 2 aromatic carbocycles. The molecule has 0 atom stereocenters. The second kappa shape index (κ2) is 5.21. The van der Waals surface area contributed by atoms with E-state index in [1.165, 1.54) is 4.90 Å². The van der Waals surface area contributed by atoms with Crippen LogP contribution in [0.2, 0.25) is 0 Å². The minimum atomic E-state index is 0.725. The number of allylic oxidation sites excluding steroid dienone is 1. The number of thioether (sulfide) groups is 1. The van der Waals surface area contributed by atoms with Gasteiger partial charge >= 0.3 is 0 Å². The lowest BCUT2D eigenvalue weighted by Gasteiger charge is -2.21. The smallest absolute Gasteiger partial charge is 0.102 e. The van der Waals surface area contributed by atoms with Crippen LogP contribution in [0.5, 0.6) is 0 Å². The molecule has 0 saturated heterocycles. The van der Waals surface area contributed by atoms with E-state index in [1.807, 2.05) is 48.5 Å². The largest absolute Gasteiger partial charge is 0.356 e. The van der Waals surface area contributed by atoms with Gasteiger partial charge < -0.3 is 5.32 Å². The third kappa shape index (κ3) is 2.35. The Morgan fingerprint density at radius 2 is 1.79 bits per heavy atom. The topological polar surface area (TPSA) is 35.8 Å². The van der Waals surface area contributed by atoms with E-state index in [2.05, 4.69) is 17.5 Å². The lowest BCUT2D eigenvalue weighted by molar-refractivity contribution is 1.29. The van der Waals surface area contributed by atoms with Crippen LogP contribution in [0.1, 0.15) is 5.56 Å². The van der Waals surface area contributed by atoms with Gasteiger partial charge in [0.2, 0.25) is 0 Å². The Morgan fingerprint density at radius 3 is 2.58 bits per heavy atom. The highest BCUT2D eigenvalue weighted by molar-refractivity contribution is 7.99. The molecule has 0 radical (unpaired) electrons. The van der Waals surface area contributed by atoms with E-state index in [0.717, 1.165) is 28.3 Å². The summed E-state index contributed by atoms with van der Waals surface area (Å²) in [4.78, 5) is 1.23. The Labute approximate surface area is 116 Å². The fourth-order valence-corrected chi connectivity index (χ4v) is 3.06. The van der Waals surface area contributed by atoms with Crippen molar-refractivity contribution in [3.8, 4) is 6.07 Å². The van der Waals surface area contributed by atoms with Crippen molar-refractivity contribution in [2.45, 2.75) is 4.90 Å². The molecule has 0 amide bonds. The first-order valence-corrected chi connectivity index (χ1v) is 7.04. The zero-order chi connectivity index (χ0) is 13.1. The number of hydrogen-bond acceptors (Lipinski definition) is 3. The van der Waals surface area contributed by atoms with Crippen LogP contribution in [0.25, 0.3) is 5.57 Å². The standard InChI is InChI=1S/C16H12N2S/c17-10-13(12-6-2-1-3-7-12)15-11-19-16-9-5-4-8-14(16)18-15/h1-9,18H,11H2/b15-13+. The predicted octanol–water partition coefficient (Wildman–Crippen LogP) is 4.14. The van der Waals surface area contributed by atoms with Gasteiger partial charge in [0.25, 0.3) is 0 Å². The van der Waals surface area contributed by atoms with Crippen LogP contribution in [-0.4, -0.2) is 5.75 Å². The Kier molecular flexibility index (Phi) is 3.26. The molecule has 0 fully saturated rings. The van der Waals surface area contributed by atoms with Crippen molar-refractivity contribution in [2.75, 3.05) is 11.1 Å². The van der Waals surface area contributed by atoms with Gasteiger partial charge in [0.15, 0.2) is 0 Å². The first kappa shape index (κ1) is 11.9. The van der Waals surface area contributed by atoms with Crippen LogP contribution in [0.3, 0.4) is 0 Å². The zero-order valence-corrected chi connectivity index (χ0v) is 11.1. The molecule has 0 saturated carbocycles. The monoisotopic (exact) mass is 264 g/mol. The maximum atomic E-state index is 9.42. The Balaban J connectivity index is 2.02. The molecule has 0 aliphatic carbocycles. The Morgan fingerprint density at radius 1 is 1.05 bits per heavy atom. The summed E-state index contributed by atoms with van der Waals surface area (Å²) in [5.41, 5.74) is 3.75. The van der Waals surface area contributed by atoms with Crippen molar-refractivity contribution in [2.24, 2.45) is 0 Å². The van der Waals surface area contributed by atoms with E-state index in [0.29, 0.717) is 0 Å². The van der Waals surface area contributed by atoms with Gasteiger partial charge in [0.1, 0.15) is 6.07 Å². The third-order valence-electron chi connectivity index (χ3n) is 3.02. The molecular weight excluding hydrogens is 252 g/mol. The van der Waals surface area contributed by atoms with Crippen LogP contribution >= 0.6 is 11.8 Å². The van der Waals surface area contributed by atoms with Gasteiger partial charge in [-0.25, -0.2) is 0 Å². The van der Waals surface area contributed by atoms with Crippen molar-refractivity contribution < 1.29 is 0 Å². The van der Waals surface area contributed by atoms with Gasteiger partial charge in [0, 0.05) is 16.3 Å². The molecule has 19 heavy (non-hydrogen) atoms. The highest BCUT2D eigenvalue weighted by Crippen LogP contribution is 2.36. The van der Waals surface area contributed by atoms with Gasteiger partial charge in [-0.15, -0.1) is 11.8 Å². The van der Waals surface area contributed by atoms with Crippen molar-refractivity contribution in [1.82, 2.24) is 0 Å².